The van der Waals surface area contributed by atoms with E-state index in [2.05, 4.69) is 25.3 Å². The summed E-state index contributed by atoms with van der Waals surface area (Å²) >= 11 is 0.604. The van der Waals surface area contributed by atoms with Crippen LogP contribution in [-0.2, 0) is 11.0 Å². The van der Waals surface area contributed by atoms with E-state index in [-0.39, 0.29) is 16.4 Å². The summed E-state index contributed by atoms with van der Waals surface area (Å²) < 4.78 is 38.5. The Morgan fingerprint density at radius 3 is 2.85 bits per heavy atom. The summed E-state index contributed by atoms with van der Waals surface area (Å²) in [5.41, 5.74) is 2.64. The first-order valence-electron chi connectivity index (χ1n) is 8.49. The molecule has 26 heavy (non-hydrogen) atoms. The minimum atomic E-state index is -4.37. The smallest absolute Gasteiger partial charge is 0.300 e. The van der Waals surface area contributed by atoms with Gasteiger partial charge in [0.1, 0.15) is 21.1 Å². The van der Waals surface area contributed by atoms with Gasteiger partial charge in [-0.05, 0) is 37.9 Å². The fourth-order valence-corrected chi connectivity index (χ4v) is 5.02. The molecule has 4 aliphatic heterocycles. The van der Waals surface area contributed by atoms with Gasteiger partial charge in [-0.25, -0.2) is 4.98 Å². The zero-order valence-electron chi connectivity index (χ0n) is 13.7. The van der Waals surface area contributed by atoms with E-state index in [9.17, 15) is 13.2 Å². The Balaban J connectivity index is 1.40. The lowest BCUT2D eigenvalue weighted by molar-refractivity contribution is -0.150. The lowest BCUT2D eigenvalue weighted by atomic mass is 9.74. The summed E-state index contributed by atoms with van der Waals surface area (Å²) in [5.74, 6) is 1.28. The molecule has 6 rings (SSSR count). The topological polar surface area (TPSA) is 62.6 Å². The van der Waals surface area contributed by atoms with E-state index < -0.39 is 11.1 Å². The molecule has 1 spiro atoms. The third-order valence-corrected chi connectivity index (χ3v) is 6.53. The van der Waals surface area contributed by atoms with Gasteiger partial charge in [0.2, 0.25) is 0 Å². The largest absolute Gasteiger partial charge is 0.425 e. The van der Waals surface area contributed by atoms with Crippen molar-refractivity contribution in [2.75, 3.05) is 19.6 Å². The maximum Gasteiger partial charge on any atom is 0.425 e. The minimum absolute atomic E-state index is 0.150. The monoisotopic (exact) mass is 383 g/mol. The highest BCUT2D eigenvalue weighted by Gasteiger charge is 2.52. The van der Waals surface area contributed by atoms with Crippen LogP contribution in [0.25, 0.3) is 10.2 Å². The average Bonchev–Trinajstić information content (AvgIpc) is 3.20. The molecule has 4 fully saturated rings. The standard InChI is InChI=1S/C16H16F3N5OS/c17-16(18,19)11-5-9-7-20-14(22-13(9)26-11)21-12-6-15(25-23-12)8-24-3-1-10(15)2-4-24/h5,7,10H,1-4,6,8H2,(H,20,21,22,23). The van der Waals surface area contributed by atoms with Crippen LogP contribution in [0.15, 0.2) is 17.3 Å². The molecular formula is C16H16F3N5OS. The number of nitrogens with one attached hydrogen (secondary N) is 1. The number of hydrogen-bond acceptors (Lipinski definition) is 6. The van der Waals surface area contributed by atoms with E-state index in [1.165, 1.54) is 6.20 Å². The van der Waals surface area contributed by atoms with Crippen LogP contribution >= 0.6 is 11.3 Å². The number of fused-ring (bicyclic) bond motifs is 3. The number of hydroxylamine groups is 1. The van der Waals surface area contributed by atoms with Gasteiger partial charge < -0.3 is 4.90 Å². The average molecular weight is 383 g/mol. The molecule has 2 aromatic rings. The number of rotatable bonds is 1. The second-order valence-electron chi connectivity index (χ2n) is 7.09. The molecule has 138 valence electrons. The highest BCUT2D eigenvalue weighted by molar-refractivity contribution is 7.18. The molecule has 0 saturated carbocycles. The molecule has 0 radical (unpaired) electrons. The van der Waals surface area contributed by atoms with Crippen molar-refractivity contribution in [3.63, 3.8) is 0 Å². The second-order valence-corrected chi connectivity index (χ2v) is 8.12. The molecule has 0 amide bonds. The Kier molecular flexibility index (Phi) is 3.54. The van der Waals surface area contributed by atoms with E-state index in [0.717, 1.165) is 38.5 Å². The molecule has 2 bridgehead atoms. The minimum Gasteiger partial charge on any atom is -0.300 e. The number of aliphatic imine (C=N–C) groups is 1. The summed E-state index contributed by atoms with van der Waals surface area (Å²) in [7, 11) is 0. The van der Waals surface area contributed by atoms with E-state index in [0.29, 0.717) is 34.9 Å². The van der Waals surface area contributed by atoms with Crippen LogP contribution < -0.4 is 5.48 Å². The zero-order chi connectivity index (χ0) is 17.9. The Bertz CT molecular complexity index is 890. The van der Waals surface area contributed by atoms with Crippen LogP contribution in [0.3, 0.4) is 0 Å². The Hall–Kier alpha value is -1.78. The fourth-order valence-electron chi connectivity index (χ4n) is 4.16. The van der Waals surface area contributed by atoms with Gasteiger partial charge in [0.25, 0.3) is 5.95 Å². The SMILES string of the molecule is FC(F)(F)c1cc2cnc(/N=C3/CC4(CN5CCC4CC5)ON3)nc2s1. The molecule has 2 aromatic heterocycles. The van der Waals surface area contributed by atoms with Crippen molar-refractivity contribution in [1.82, 2.24) is 20.3 Å². The van der Waals surface area contributed by atoms with E-state index in [1.807, 2.05) is 0 Å². The highest BCUT2D eigenvalue weighted by atomic mass is 32.1. The van der Waals surface area contributed by atoms with Gasteiger partial charge in [0, 0.05) is 24.5 Å². The molecule has 10 heteroatoms. The van der Waals surface area contributed by atoms with Crippen LogP contribution in [0.5, 0.6) is 0 Å². The first-order chi connectivity index (χ1) is 12.4. The molecule has 0 aliphatic carbocycles. The third-order valence-electron chi connectivity index (χ3n) is 5.44. The van der Waals surface area contributed by atoms with Crippen molar-refractivity contribution < 1.29 is 18.0 Å². The summed E-state index contributed by atoms with van der Waals surface area (Å²) in [5, 5.41) is 0.371. The van der Waals surface area contributed by atoms with Crippen molar-refractivity contribution in [3.05, 3.63) is 17.1 Å². The van der Waals surface area contributed by atoms with Gasteiger partial charge in [-0.15, -0.1) is 11.3 Å². The Morgan fingerprint density at radius 1 is 1.35 bits per heavy atom. The Labute approximate surface area is 151 Å². The summed E-state index contributed by atoms with van der Waals surface area (Å²) in [4.78, 5) is 20.5. The molecule has 1 atom stereocenters. The molecule has 0 aromatic carbocycles. The zero-order valence-corrected chi connectivity index (χ0v) is 14.5. The van der Waals surface area contributed by atoms with Gasteiger partial charge in [0.05, 0.1) is 0 Å². The van der Waals surface area contributed by atoms with E-state index >= 15 is 0 Å². The normalized spacial score (nSPS) is 32.7. The predicted octanol–water partition coefficient (Wildman–Crippen LogP) is 3.13. The molecule has 4 aliphatic rings. The van der Waals surface area contributed by atoms with Gasteiger partial charge >= 0.3 is 6.18 Å². The van der Waals surface area contributed by atoms with Crippen LogP contribution in [0.2, 0.25) is 0 Å². The third kappa shape index (κ3) is 2.67. The number of amidine groups is 1. The van der Waals surface area contributed by atoms with Gasteiger partial charge in [-0.1, -0.05) is 0 Å². The number of hydrogen-bond donors (Lipinski definition) is 1. The number of aromatic nitrogens is 2. The number of halogens is 3. The van der Waals surface area contributed by atoms with Crippen LogP contribution in [0.1, 0.15) is 24.1 Å². The van der Waals surface area contributed by atoms with Crippen molar-refractivity contribution in [2.45, 2.75) is 31.0 Å². The number of thiophene rings is 1. The summed E-state index contributed by atoms with van der Waals surface area (Å²) in [6, 6.07) is 1.07. The van der Waals surface area contributed by atoms with Crippen LogP contribution in [0, 0.1) is 5.92 Å². The lowest BCUT2D eigenvalue weighted by Crippen LogP contribution is -2.59. The first kappa shape index (κ1) is 16.4. The van der Waals surface area contributed by atoms with E-state index in [1.54, 1.807) is 0 Å². The van der Waals surface area contributed by atoms with Crippen molar-refractivity contribution >= 4 is 33.3 Å². The van der Waals surface area contributed by atoms with Crippen molar-refractivity contribution in [2.24, 2.45) is 10.9 Å². The van der Waals surface area contributed by atoms with Crippen molar-refractivity contribution in [3.8, 4) is 0 Å². The number of piperidine rings is 3. The first-order valence-corrected chi connectivity index (χ1v) is 9.31. The van der Waals surface area contributed by atoms with E-state index in [4.69, 9.17) is 4.84 Å². The van der Waals surface area contributed by atoms with Gasteiger partial charge in [-0.2, -0.15) is 23.1 Å². The quantitative estimate of drug-likeness (QED) is 0.820. The highest BCUT2D eigenvalue weighted by Crippen LogP contribution is 2.42. The van der Waals surface area contributed by atoms with Gasteiger partial charge in [0.15, 0.2) is 0 Å². The van der Waals surface area contributed by atoms with Crippen molar-refractivity contribution in [1.29, 1.82) is 0 Å². The molecule has 1 unspecified atom stereocenters. The lowest BCUT2D eigenvalue weighted by Gasteiger charge is -2.49. The number of nitrogens with zero attached hydrogens (tertiary/aromatic N) is 4. The molecule has 6 heterocycles. The van der Waals surface area contributed by atoms with Crippen LogP contribution in [-0.4, -0.2) is 45.9 Å². The molecule has 4 saturated heterocycles. The fraction of sp³-hybridized carbons (Fsp3) is 0.562. The maximum atomic E-state index is 12.8. The molecular weight excluding hydrogens is 367 g/mol. The molecule has 6 nitrogen and oxygen atoms in total. The Morgan fingerprint density at radius 2 is 2.15 bits per heavy atom. The summed E-state index contributed by atoms with van der Waals surface area (Å²) in [6.07, 6.45) is -0.110. The predicted molar refractivity (Wildman–Crippen MR) is 90.2 cm³/mol. The maximum absolute atomic E-state index is 12.8. The van der Waals surface area contributed by atoms with Crippen LogP contribution in [0.4, 0.5) is 19.1 Å². The van der Waals surface area contributed by atoms with Gasteiger partial charge in [-0.3, -0.25) is 10.3 Å². The second kappa shape index (κ2) is 5.61. The summed E-state index contributed by atoms with van der Waals surface area (Å²) in [6.45, 7) is 3.10. The molecule has 1 N–H and O–H groups in total. The number of alkyl halides is 3.